The van der Waals surface area contributed by atoms with Crippen molar-refractivity contribution < 1.29 is 4.74 Å². The number of hydrogen-bond acceptors (Lipinski definition) is 3. The van der Waals surface area contributed by atoms with Gasteiger partial charge in [-0.05, 0) is 18.1 Å². The van der Waals surface area contributed by atoms with Crippen molar-refractivity contribution in [2.24, 2.45) is 5.84 Å². The summed E-state index contributed by atoms with van der Waals surface area (Å²) >= 11 is 0. The summed E-state index contributed by atoms with van der Waals surface area (Å²) in [6, 6.07) is 8.21. The van der Waals surface area contributed by atoms with Crippen LogP contribution in [-0.4, -0.2) is 13.7 Å². The van der Waals surface area contributed by atoms with E-state index < -0.39 is 0 Å². The lowest BCUT2D eigenvalue weighted by atomic mass is 10.0. The maximum absolute atomic E-state index is 5.43. The molecule has 0 aliphatic carbocycles. The fraction of sp³-hybridized carbons (Fsp3) is 0.400. The van der Waals surface area contributed by atoms with Crippen LogP contribution < -0.4 is 11.3 Å². The highest BCUT2D eigenvalue weighted by Gasteiger charge is 2.10. The first-order valence-electron chi connectivity index (χ1n) is 4.30. The number of ether oxygens (including phenoxy) is 1. The minimum absolute atomic E-state index is 0.0752. The lowest BCUT2D eigenvalue weighted by Crippen LogP contribution is -2.31. The highest BCUT2D eigenvalue weighted by molar-refractivity contribution is 5.28. The first kappa shape index (κ1) is 10.2. The Morgan fingerprint density at radius 3 is 2.69 bits per heavy atom. The Kier molecular flexibility index (Phi) is 3.89. The Morgan fingerprint density at radius 2 is 2.15 bits per heavy atom. The van der Waals surface area contributed by atoms with E-state index in [1.165, 1.54) is 11.1 Å². The fourth-order valence-electron chi connectivity index (χ4n) is 1.37. The molecule has 0 fully saturated rings. The number of rotatable bonds is 4. The summed E-state index contributed by atoms with van der Waals surface area (Å²) in [6.45, 7) is 2.65. The molecule has 0 aliphatic heterocycles. The van der Waals surface area contributed by atoms with Crippen molar-refractivity contribution in [2.45, 2.75) is 13.0 Å². The van der Waals surface area contributed by atoms with Crippen molar-refractivity contribution in [3.8, 4) is 0 Å². The summed E-state index contributed by atoms with van der Waals surface area (Å²) in [5, 5.41) is 0. The van der Waals surface area contributed by atoms with Gasteiger partial charge in [0.1, 0.15) is 0 Å². The predicted molar refractivity (Wildman–Crippen MR) is 53.1 cm³/mol. The Balaban J connectivity index is 2.84. The number of aryl methyl sites for hydroxylation is 1. The quantitative estimate of drug-likeness (QED) is 0.539. The minimum atomic E-state index is 0.0752. The van der Waals surface area contributed by atoms with Gasteiger partial charge in [-0.1, -0.05) is 24.3 Å². The van der Waals surface area contributed by atoms with Crippen LogP contribution in [0.3, 0.4) is 0 Å². The van der Waals surface area contributed by atoms with Crippen LogP contribution in [0.5, 0.6) is 0 Å². The fourth-order valence-corrected chi connectivity index (χ4v) is 1.37. The van der Waals surface area contributed by atoms with E-state index in [0.29, 0.717) is 6.61 Å². The van der Waals surface area contributed by atoms with Gasteiger partial charge in [0.05, 0.1) is 12.6 Å². The molecule has 1 unspecified atom stereocenters. The van der Waals surface area contributed by atoms with Crippen molar-refractivity contribution in [3.63, 3.8) is 0 Å². The van der Waals surface area contributed by atoms with Crippen LogP contribution in [0.15, 0.2) is 24.3 Å². The molecule has 0 aromatic heterocycles. The van der Waals surface area contributed by atoms with Gasteiger partial charge in [-0.25, -0.2) is 0 Å². The van der Waals surface area contributed by atoms with Crippen LogP contribution in [0, 0.1) is 6.92 Å². The van der Waals surface area contributed by atoms with E-state index in [4.69, 9.17) is 10.6 Å². The Morgan fingerprint density at radius 1 is 1.46 bits per heavy atom. The second-order valence-corrected chi connectivity index (χ2v) is 3.03. The maximum atomic E-state index is 5.43. The van der Waals surface area contributed by atoms with E-state index in [1.807, 2.05) is 12.1 Å². The molecular weight excluding hydrogens is 164 g/mol. The topological polar surface area (TPSA) is 47.3 Å². The molecule has 72 valence electrons. The van der Waals surface area contributed by atoms with Crippen LogP contribution in [-0.2, 0) is 4.74 Å². The molecule has 0 radical (unpaired) electrons. The van der Waals surface area contributed by atoms with Crippen molar-refractivity contribution in [1.29, 1.82) is 0 Å². The number of hydrogen-bond donors (Lipinski definition) is 2. The van der Waals surface area contributed by atoms with E-state index in [-0.39, 0.29) is 6.04 Å². The van der Waals surface area contributed by atoms with Gasteiger partial charge < -0.3 is 4.74 Å². The smallest absolute Gasteiger partial charge is 0.0696 e. The predicted octanol–water partition coefficient (Wildman–Crippen LogP) is 1.15. The number of nitrogens with one attached hydrogen (secondary N) is 1. The summed E-state index contributed by atoms with van der Waals surface area (Å²) < 4.78 is 5.06. The number of benzene rings is 1. The van der Waals surface area contributed by atoms with E-state index in [9.17, 15) is 0 Å². The molecule has 13 heavy (non-hydrogen) atoms. The summed E-state index contributed by atoms with van der Waals surface area (Å²) in [7, 11) is 1.67. The summed E-state index contributed by atoms with van der Waals surface area (Å²) in [6.07, 6.45) is 0. The summed E-state index contributed by atoms with van der Waals surface area (Å²) in [4.78, 5) is 0. The zero-order valence-corrected chi connectivity index (χ0v) is 8.08. The maximum Gasteiger partial charge on any atom is 0.0696 e. The van der Waals surface area contributed by atoms with Gasteiger partial charge in [-0.2, -0.15) is 0 Å². The van der Waals surface area contributed by atoms with Gasteiger partial charge in [0.25, 0.3) is 0 Å². The third kappa shape index (κ3) is 2.52. The van der Waals surface area contributed by atoms with Gasteiger partial charge in [0.2, 0.25) is 0 Å². The second kappa shape index (κ2) is 4.97. The largest absolute Gasteiger partial charge is 0.383 e. The molecular formula is C10H16N2O. The van der Waals surface area contributed by atoms with Gasteiger partial charge in [0, 0.05) is 7.11 Å². The average Bonchev–Trinajstić information content (AvgIpc) is 2.16. The molecule has 0 bridgehead atoms. The first-order valence-corrected chi connectivity index (χ1v) is 4.30. The highest BCUT2D eigenvalue weighted by atomic mass is 16.5. The molecule has 0 saturated carbocycles. The molecule has 0 spiro atoms. The lowest BCUT2D eigenvalue weighted by molar-refractivity contribution is 0.167. The minimum Gasteiger partial charge on any atom is -0.383 e. The van der Waals surface area contributed by atoms with Gasteiger partial charge in [0.15, 0.2) is 0 Å². The van der Waals surface area contributed by atoms with Crippen molar-refractivity contribution >= 4 is 0 Å². The molecule has 0 aliphatic rings. The van der Waals surface area contributed by atoms with Gasteiger partial charge >= 0.3 is 0 Å². The molecule has 3 N–H and O–H groups in total. The molecule has 1 aromatic rings. The lowest BCUT2D eigenvalue weighted by Gasteiger charge is -2.17. The van der Waals surface area contributed by atoms with Crippen molar-refractivity contribution in [2.75, 3.05) is 13.7 Å². The van der Waals surface area contributed by atoms with E-state index in [0.717, 1.165) is 0 Å². The standard InChI is InChI=1S/C10H16N2O/c1-8-5-3-4-6-9(8)10(12-11)7-13-2/h3-6,10,12H,7,11H2,1-2H3. The zero-order chi connectivity index (χ0) is 9.68. The van der Waals surface area contributed by atoms with Crippen LogP contribution in [0.25, 0.3) is 0 Å². The Bertz CT molecular complexity index is 263. The number of hydrazine groups is 1. The van der Waals surface area contributed by atoms with Crippen molar-refractivity contribution in [1.82, 2.24) is 5.43 Å². The SMILES string of the molecule is COCC(NN)c1ccccc1C. The molecule has 1 rings (SSSR count). The molecule has 3 heteroatoms. The summed E-state index contributed by atoms with van der Waals surface area (Å²) in [5.41, 5.74) is 5.15. The second-order valence-electron chi connectivity index (χ2n) is 3.03. The number of nitrogens with two attached hydrogens (primary N) is 1. The normalized spacial score (nSPS) is 12.8. The van der Waals surface area contributed by atoms with E-state index in [2.05, 4.69) is 24.5 Å². The Hall–Kier alpha value is -0.900. The molecule has 0 heterocycles. The van der Waals surface area contributed by atoms with Crippen LogP contribution >= 0.6 is 0 Å². The third-order valence-electron chi connectivity index (χ3n) is 2.10. The first-order chi connectivity index (χ1) is 6.29. The summed E-state index contributed by atoms with van der Waals surface area (Å²) in [5.74, 6) is 5.43. The highest BCUT2D eigenvalue weighted by Crippen LogP contribution is 2.16. The van der Waals surface area contributed by atoms with Crippen molar-refractivity contribution in [3.05, 3.63) is 35.4 Å². The molecule has 1 aromatic carbocycles. The van der Waals surface area contributed by atoms with Gasteiger partial charge in [-0.15, -0.1) is 0 Å². The van der Waals surface area contributed by atoms with E-state index >= 15 is 0 Å². The zero-order valence-electron chi connectivity index (χ0n) is 8.08. The van der Waals surface area contributed by atoms with Crippen LogP contribution in [0.4, 0.5) is 0 Å². The van der Waals surface area contributed by atoms with Gasteiger partial charge in [-0.3, -0.25) is 11.3 Å². The molecule has 0 saturated heterocycles. The Labute approximate surface area is 78.9 Å². The molecule has 0 amide bonds. The monoisotopic (exact) mass is 180 g/mol. The number of methoxy groups -OCH3 is 1. The molecule has 3 nitrogen and oxygen atoms in total. The molecule has 1 atom stereocenters. The van der Waals surface area contributed by atoms with Crippen LogP contribution in [0.2, 0.25) is 0 Å². The van der Waals surface area contributed by atoms with Crippen LogP contribution in [0.1, 0.15) is 17.2 Å². The van der Waals surface area contributed by atoms with E-state index in [1.54, 1.807) is 7.11 Å². The average molecular weight is 180 g/mol. The third-order valence-corrected chi connectivity index (χ3v) is 2.10.